The normalized spacial score (nSPS) is 10.6. The number of halogens is 1. The standard InChI is InChI=1S/C5H3IN4O/c6-3-2-4(8-1-7-2)10-5(11)9-3/h1H,(H2,7,8,9,10,11). The van der Waals surface area contributed by atoms with Crippen LogP contribution >= 0.6 is 22.6 Å². The molecule has 2 rings (SSSR count). The summed E-state index contributed by atoms with van der Waals surface area (Å²) in [6.45, 7) is 0. The fourth-order valence-corrected chi connectivity index (χ4v) is 1.44. The SMILES string of the molecule is O=c1nc2nc[nH]c2c(I)[nH]1. The van der Waals surface area contributed by atoms with Crippen molar-refractivity contribution in [3.05, 3.63) is 20.5 Å². The van der Waals surface area contributed by atoms with Gasteiger partial charge in [0.25, 0.3) is 0 Å². The highest BCUT2D eigenvalue weighted by Gasteiger charge is 2.02. The van der Waals surface area contributed by atoms with E-state index in [0.717, 1.165) is 9.22 Å². The maximum atomic E-state index is 10.8. The van der Waals surface area contributed by atoms with Crippen LogP contribution in [0, 0.1) is 3.70 Å². The minimum atomic E-state index is -0.367. The first kappa shape index (κ1) is 6.77. The van der Waals surface area contributed by atoms with E-state index in [-0.39, 0.29) is 5.69 Å². The second kappa shape index (κ2) is 2.29. The van der Waals surface area contributed by atoms with Gasteiger partial charge in [-0.1, -0.05) is 0 Å². The Morgan fingerprint density at radius 3 is 3.18 bits per heavy atom. The lowest BCUT2D eigenvalue weighted by Crippen LogP contribution is -2.11. The Bertz CT molecular complexity index is 445. The summed E-state index contributed by atoms with van der Waals surface area (Å²) in [7, 11) is 0. The first-order valence-electron chi connectivity index (χ1n) is 2.86. The molecule has 6 heteroatoms. The molecule has 0 saturated carbocycles. The number of fused-ring (bicyclic) bond motifs is 1. The van der Waals surface area contributed by atoms with Gasteiger partial charge in [0.1, 0.15) is 9.22 Å². The van der Waals surface area contributed by atoms with E-state index in [2.05, 4.69) is 19.9 Å². The number of nitrogens with zero attached hydrogens (tertiary/aromatic N) is 2. The van der Waals surface area contributed by atoms with Gasteiger partial charge in [0.05, 0.1) is 6.33 Å². The van der Waals surface area contributed by atoms with Crippen molar-refractivity contribution in [2.45, 2.75) is 0 Å². The number of nitrogens with one attached hydrogen (secondary N) is 2. The zero-order valence-electron chi connectivity index (χ0n) is 5.26. The number of hydrogen-bond donors (Lipinski definition) is 2. The molecule has 2 aromatic heterocycles. The van der Waals surface area contributed by atoms with E-state index in [1.54, 1.807) is 0 Å². The molecule has 5 nitrogen and oxygen atoms in total. The number of rotatable bonds is 0. The molecule has 2 aromatic rings. The quantitative estimate of drug-likeness (QED) is 0.528. The lowest BCUT2D eigenvalue weighted by atomic mass is 10.6. The Morgan fingerprint density at radius 1 is 1.55 bits per heavy atom. The molecule has 0 radical (unpaired) electrons. The van der Waals surface area contributed by atoms with Crippen LogP contribution in [-0.2, 0) is 0 Å². The van der Waals surface area contributed by atoms with E-state index in [1.807, 2.05) is 22.6 Å². The van der Waals surface area contributed by atoms with Gasteiger partial charge in [0.2, 0.25) is 0 Å². The minimum absolute atomic E-state index is 0.367. The van der Waals surface area contributed by atoms with E-state index in [9.17, 15) is 4.79 Å². The molecule has 0 fully saturated rings. The highest BCUT2D eigenvalue weighted by Crippen LogP contribution is 2.08. The van der Waals surface area contributed by atoms with Crippen LogP contribution in [0.5, 0.6) is 0 Å². The van der Waals surface area contributed by atoms with Crippen molar-refractivity contribution in [3.8, 4) is 0 Å². The molecule has 2 heterocycles. The summed E-state index contributed by atoms with van der Waals surface area (Å²) in [5.74, 6) is 0. The molecule has 0 bridgehead atoms. The Kier molecular flexibility index (Phi) is 1.41. The lowest BCUT2D eigenvalue weighted by molar-refractivity contribution is 1.08. The molecule has 0 amide bonds. The van der Waals surface area contributed by atoms with Gasteiger partial charge < -0.3 is 4.98 Å². The lowest BCUT2D eigenvalue weighted by Gasteiger charge is -1.88. The van der Waals surface area contributed by atoms with E-state index >= 15 is 0 Å². The van der Waals surface area contributed by atoms with Gasteiger partial charge in [-0.3, -0.25) is 4.98 Å². The summed E-state index contributed by atoms with van der Waals surface area (Å²) in [6, 6.07) is 0. The van der Waals surface area contributed by atoms with Crippen LogP contribution in [0.1, 0.15) is 0 Å². The van der Waals surface area contributed by atoms with Crippen molar-refractivity contribution < 1.29 is 0 Å². The molecule has 0 spiro atoms. The average molecular weight is 262 g/mol. The van der Waals surface area contributed by atoms with Crippen molar-refractivity contribution in [2.24, 2.45) is 0 Å². The highest BCUT2D eigenvalue weighted by atomic mass is 127. The van der Waals surface area contributed by atoms with Crippen LogP contribution < -0.4 is 5.69 Å². The summed E-state index contributed by atoms with van der Waals surface area (Å²) >= 11 is 2.01. The zero-order chi connectivity index (χ0) is 7.84. The van der Waals surface area contributed by atoms with Crippen LogP contribution in [0.2, 0.25) is 0 Å². The smallest absolute Gasteiger partial charge is 0.341 e. The summed E-state index contributed by atoms with van der Waals surface area (Å²) in [4.78, 5) is 23.7. The van der Waals surface area contributed by atoms with E-state index < -0.39 is 0 Å². The largest absolute Gasteiger partial charge is 0.347 e. The molecular weight excluding hydrogens is 259 g/mol. The number of aromatic amines is 2. The topological polar surface area (TPSA) is 74.4 Å². The van der Waals surface area contributed by atoms with Crippen molar-refractivity contribution in [3.63, 3.8) is 0 Å². The molecule has 0 aliphatic carbocycles. The van der Waals surface area contributed by atoms with Crippen LogP contribution in [0.15, 0.2) is 11.1 Å². The number of H-pyrrole nitrogens is 2. The monoisotopic (exact) mass is 262 g/mol. The number of hydrogen-bond acceptors (Lipinski definition) is 3. The molecular formula is C5H3IN4O. The second-order valence-corrected chi connectivity index (χ2v) is 3.04. The predicted octanol–water partition coefficient (Wildman–Crippen LogP) is 0.251. The molecule has 0 aliphatic rings. The van der Waals surface area contributed by atoms with E-state index in [1.165, 1.54) is 6.33 Å². The van der Waals surface area contributed by atoms with Crippen molar-refractivity contribution in [2.75, 3.05) is 0 Å². The van der Waals surface area contributed by atoms with Crippen molar-refractivity contribution >= 4 is 33.8 Å². The third-order valence-electron chi connectivity index (χ3n) is 1.26. The molecule has 0 atom stereocenters. The Balaban J connectivity index is 3.02. The first-order valence-corrected chi connectivity index (χ1v) is 3.94. The molecule has 2 N–H and O–H groups in total. The van der Waals surface area contributed by atoms with Gasteiger partial charge in [-0.2, -0.15) is 4.98 Å². The number of imidazole rings is 1. The fraction of sp³-hybridized carbons (Fsp3) is 0. The molecule has 0 unspecified atom stereocenters. The third kappa shape index (κ3) is 1.02. The summed E-state index contributed by atoms with van der Waals surface area (Å²) in [5, 5.41) is 0. The van der Waals surface area contributed by atoms with Gasteiger partial charge >= 0.3 is 5.69 Å². The molecule has 11 heavy (non-hydrogen) atoms. The van der Waals surface area contributed by atoms with Gasteiger partial charge in [0.15, 0.2) is 5.65 Å². The maximum absolute atomic E-state index is 10.8. The number of aromatic nitrogens is 4. The van der Waals surface area contributed by atoms with Crippen LogP contribution in [0.25, 0.3) is 11.2 Å². The Morgan fingerprint density at radius 2 is 2.36 bits per heavy atom. The summed E-state index contributed by atoms with van der Waals surface area (Å²) < 4.78 is 0.732. The third-order valence-corrected chi connectivity index (χ3v) is 2.07. The Labute approximate surface area is 74.4 Å². The van der Waals surface area contributed by atoms with Crippen molar-refractivity contribution in [1.29, 1.82) is 0 Å². The highest BCUT2D eigenvalue weighted by molar-refractivity contribution is 14.1. The molecule has 0 saturated heterocycles. The van der Waals surface area contributed by atoms with Gasteiger partial charge in [-0.05, 0) is 22.6 Å². The molecule has 0 aromatic carbocycles. The molecule has 56 valence electrons. The van der Waals surface area contributed by atoms with Gasteiger partial charge in [-0.25, -0.2) is 9.78 Å². The maximum Gasteiger partial charge on any atom is 0.347 e. The van der Waals surface area contributed by atoms with E-state index in [0.29, 0.717) is 5.65 Å². The van der Waals surface area contributed by atoms with Crippen LogP contribution in [0.3, 0.4) is 0 Å². The van der Waals surface area contributed by atoms with Gasteiger partial charge in [-0.15, -0.1) is 0 Å². The second-order valence-electron chi connectivity index (χ2n) is 1.96. The van der Waals surface area contributed by atoms with E-state index in [4.69, 9.17) is 0 Å². The molecule has 0 aliphatic heterocycles. The Hall–Kier alpha value is -0.920. The van der Waals surface area contributed by atoms with Gasteiger partial charge in [0, 0.05) is 0 Å². The van der Waals surface area contributed by atoms with Crippen molar-refractivity contribution in [1.82, 2.24) is 19.9 Å². The average Bonchev–Trinajstić information content (AvgIpc) is 2.34. The summed E-state index contributed by atoms with van der Waals surface area (Å²) in [6.07, 6.45) is 1.51. The zero-order valence-corrected chi connectivity index (χ0v) is 7.42. The summed E-state index contributed by atoms with van der Waals surface area (Å²) in [5.41, 5.74) is 0.859. The first-order chi connectivity index (χ1) is 5.27. The van der Waals surface area contributed by atoms with Crippen LogP contribution in [0.4, 0.5) is 0 Å². The van der Waals surface area contributed by atoms with Crippen LogP contribution in [-0.4, -0.2) is 19.9 Å². The minimum Gasteiger partial charge on any atom is -0.341 e. The fourth-order valence-electron chi connectivity index (χ4n) is 0.814. The predicted molar refractivity (Wildman–Crippen MR) is 47.2 cm³/mol.